The van der Waals surface area contributed by atoms with E-state index in [1.54, 1.807) is 0 Å². The molecule has 1 aliphatic carbocycles. The van der Waals surface area contributed by atoms with Crippen LogP contribution in [0.5, 0.6) is 0 Å². The molecule has 12 heteroatoms. The molecule has 1 rings (SSSR count). The minimum Gasteiger partial charge on any atom is -0.267 e. The fraction of sp³-hybridized carbons (Fsp3) is 1.00. The van der Waals surface area contributed by atoms with Gasteiger partial charge in [-0.05, 0) is 0 Å². The van der Waals surface area contributed by atoms with E-state index in [0.717, 1.165) is 18.8 Å². The summed E-state index contributed by atoms with van der Waals surface area (Å²) in [5.41, 5.74) is 0. The average molecular weight is 352 g/mol. The van der Waals surface area contributed by atoms with Crippen molar-refractivity contribution in [3.63, 3.8) is 0 Å². The van der Waals surface area contributed by atoms with Gasteiger partial charge in [-0.25, -0.2) is 0 Å². The van der Waals surface area contributed by atoms with Gasteiger partial charge in [-0.2, -0.15) is 25.3 Å². The van der Waals surface area contributed by atoms with Crippen LogP contribution in [0.3, 0.4) is 0 Å². The molecule has 0 aliphatic heterocycles. The van der Waals surface area contributed by atoms with Crippen LogP contribution in [0.1, 0.15) is 12.8 Å². The van der Waals surface area contributed by atoms with E-state index in [0.29, 0.717) is 0 Å². The molecule has 1 aliphatic rings. The monoisotopic (exact) mass is 352 g/mol. The van der Waals surface area contributed by atoms with E-state index < -0.39 is 48.7 Å². The van der Waals surface area contributed by atoms with Crippen LogP contribution in [-0.4, -0.2) is 62.3 Å². The zero-order valence-corrected chi connectivity index (χ0v) is 13.5. The highest BCUT2D eigenvalue weighted by Gasteiger charge is 2.41. The first-order valence-corrected chi connectivity index (χ1v) is 10.8. The third kappa shape index (κ3) is 6.95. The summed E-state index contributed by atoms with van der Waals surface area (Å²) in [7, 11) is -11.4. The van der Waals surface area contributed by atoms with Crippen molar-refractivity contribution in [2.24, 2.45) is 0 Å². The zero-order valence-electron chi connectivity index (χ0n) is 11.0. The Morgan fingerprint density at radius 2 is 0.950 bits per heavy atom. The van der Waals surface area contributed by atoms with E-state index in [4.69, 9.17) is 12.5 Å². The van der Waals surface area contributed by atoms with Crippen molar-refractivity contribution in [3.05, 3.63) is 0 Å². The predicted molar refractivity (Wildman–Crippen MR) is 68.4 cm³/mol. The van der Waals surface area contributed by atoms with Crippen molar-refractivity contribution in [1.29, 1.82) is 0 Å². The summed E-state index contributed by atoms with van der Waals surface area (Å²) in [5, 5.41) is 0. The lowest BCUT2D eigenvalue weighted by atomic mass is 10.3. The SMILES string of the molecule is CS(=O)(=O)OC1CC(OS(C)(=O)=O)C(OS(C)(=O)=O)C1. The molecule has 2 unspecified atom stereocenters. The third-order valence-corrected chi connectivity index (χ3v) is 4.13. The van der Waals surface area contributed by atoms with E-state index in [-0.39, 0.29) is 12.8 Å². The van der Waals surface area contributed by atoms with Gasteiger partial charge in [0.1, 0.15) is 12.2 Å². The quantitative estimate of drug-likeness (QED) is 0.542. The Kier molecular flexibility index (Phi) is 5.20. The van der Waals surface area contributed by atoms with Gasteiger partial charge in [0.15, 0.2) is 0 Å². The largest absolute Gasteiger partial charge is 0.267 e. The highest BCUT2D eigenvalue weighted by molar-refractivity contribution is 7.86. The van der Waals surface area contributed by atoms with Crippen LogP contribution in [0.25, 0.3) is 0 Å². The Bertz CT molecular complexity index is 603. The lowest BCUT2D eigenvalue weighted by molar-refractivity contribution is 0.0887. The summed E-state index contributed by atoms with van der Waals surface area (Å²) in [4.78, 5) is 0. The Morgan fingerprint density at radius 1 is 0.650 bits per heavy atom. The molecule has 0 amide bonds. The van der Waals surface area contributed by atoms with Crippen LogP contribution < -0.4 is 0 Å². The van der Waals surface area contributed by atoms with Crippen LogP contribution in [-0.2, 0) is 42.9 Å². The Balaban J connectivity index is 2.88. The van der Waals surface area contributed by atoms with Gasteiger partial charge in [0.2, 0.25) is 0 Å². The van der Waals surface area contributed by atoms with Crippen LogP contribution in [0.2, 0.25) is 0 Å². The Labute approximate surface area is 118 Å². The predicted octanol–water partition coefficient (Wildman–Crippen LogP) is -1.19. The Hall–Kier alpha value is -0.270. The van der Waals surface area contributed by atoms with Gasteiger partial charge in [0.05, 0.1) is 24.9 Å². The van der Waals surface area contributed by atoms with Crippen molar-refractivity contribution < 1.29 is 37.8 Å². The number of hydrogen-bond acceptors (Lipinski definition) is 9. The van der Waals surface area contributed by atoms with Crippen LogP contribution >= 0.6 is 0 Å². The molecular formula is C8H16O9S3. The van der Waals surface area contributed by atoms with Gasteiger partial charge >= 0.3 is 0 Å². The molecule has 9 nitrogen and oxygen atoms in total. The maximum Gasteiger partial charge on any atom is 0.264 e. The fourth-order valence-electron chi connectivity index (χ4n) is 1.90. The molecule has 0 saturated heterocycles. The van der Waals surface area contributed by atoms with Crippen molar-refractivity contribution in [2.45, 2.75) is 31.2 Å². The first kappa shape index (κ1) is 17.8. The minimum absolute atomic E-state index is 0.111. The van der Waals surface area contributed by atoms with Crippen LogP contribution in [0.4, 0.5) is 0 Å². The Morgan fingerprint density at radius 3 is 1.20 bits per heavy atom. The van der Waals surface area contributed by atoms with Crippen molar-refractivity contribution in [1.82, 2.24) is 0 Å². The van der Waals surface area contributed by atoms with Crippen molar-refractivity contribution in [2.75, 3.05) is 18.8 Å². The fourth-order valence-corrected chi connectivity index (χ4v) is 3.85. The first-order chi connectivity index (χ1) is 8.75. The van der Waals surface area contributed by atoms with E-state index in [9.17, 15) is 25.3 Å². The van der Waals surface area contributed by atoms with E-state index in [2.05, 4.69) is 0 Å². The standard InChI is InChI=1S/C8H16O9S3/c1-18(9,10)15-6-4-7(16-19(2,11)12)8(5-6)17-20(3,13)14/h6-8H,4-5H2,1-3H3. The van der Waals surface area contributed by atoms with Crippen LogP contribution in [0.15, 0.2) is 0 Å². The second-order valence-corrected chi connectivity index (χ2v) is 9.37. The molecule has 0 aromatic heterocycles. The molecule has 0 heterocycles. The van der Waals surface area contributed by atoms with Crippen LogP contribution in [0, 0.1) is 0 Å². The smallest absolute Gasteiger partial charge is 0.264 e. The molecule has 0 radical (unpaired) electrons. The highest BCUT2D eigenvalue weighted by atomic mass is 32.2. The maximum absolute atomic E-state index is 11.1. The molecule has 1 saturated carbocycles. The summed E-state index contributed by atoms with van der Waals surface area (Å²) in [6, 6.07) is 0. The van der Waals surface area contributed by atoms with Gasteiger partial charge in [-0.1, -0.05) is 0 Å². The summed E-state index contributed by atoms with van der Waals surface area (Å²) in [5.74, 6) is 0. The normalized spacial score (nSPS) is 28.6. The molecule has 2 atom stereocenters. The molecule has 120 valence electrons. The maximum atomic E-state index is 11.1. The lowest BCUT2D eigenvalue weighted by Gasteiger charge is -2.17. The topological polar surface area (TPSA) is 130 Å². The second kappa shape index (κ2) is 5.85. The highest BCUT2D eigenvalue weighted by Crippen LogP contribution is 2.30. The van der Waals surface area contributed by atoms with Gasteiger partial charge < -0.3 is 0 Å². The summed E-state index contributed by atoms with van der Waals surface area (Å²) >= 11 is 0. The second-order valence-electron chi connectivity index (χ2n) is 4.57. The number of rotatable bonds is 6. The lowest BCUT2D eigenvalue weighted by Crippen LogP contribution is -2.30. The summed E-state index contributed by atoms with van der Waals surface area (Å²) in [6.45, 7) is 0. The molecular weight excluding hydrogens is 336 g/mol. The van der Waals surface area contributed by atoms with Gasteiger partial charge in [0, 0.05) is 12.8 Å². The van der Waals surface area contributed by atoms with E-state index in [1.165, 1.54) is 0 Å². The summed E-state index contributed by atoms with van der Waals surface area (Å²) in [6.07, 6.45) is -0.920. The van der Waals surface area contributed by atoms with Gasteiger partial charge in [-0.3, -0.25) is 12.5 Å². The molecule has 0 aromatic carbocycles. The van der Waals surface area contributed by atoms with Crippen molar-refractivity contribution >= 4 is 30.4 Å². The molecule has 0 bridgehead atoms. The first-order valence-electron chi connectivity index (χ1n) is 5.40. The molecule has 1 fully saturated rings. The number of hydrogen-bond donors (Lipinski definition) is 0. The average Bonchev–Trinajstić information content (AvgIpc) is 2.37. The van der Waals surface area contributed by atoms with Gasteiger partial charge in [0.25, 0.3) is 30.4 Å². The molecule has 20 heavy (non-hydrogen) atoms. The van der Waals surface area contributed by atoms with E-state index in [1.807, 2.05) is 0 Å². The molecule has 0 N–H and O–H groups in total. The molecule has 0 spiro atoms. The summed E-state index contributed by atoms with van der Waals surface area (Å²) < 4.78 is 80.6. The third-order valence-electron chi connectivity index (χ3n) is 2.31. The van der Waals surface area contributed by atoms with Crippen molar-refractivity contribution in [3.8, 4) is 0 Å². The van der Waals surface area contributed by atoms with Gasteiger partial charge in [-0.15, -0.1) is 0 Å². The zero-order chi connectivity index (χ0) is 15.8. The minimum atomic E-state index is -3.84. The van der Waals surface area contributed by atoms with E-state index >= 15 is 0 Å². The molecule has 0 aromatic rings.